The number of anilines is 1. The van der Waals surface area contributed by atoms with Crippen molar-refractivity contribution in [1.29, 1.82) is 0 Å². The molecule has 0 saturated carbocycles. The van der Waals surface area contributed by atoms with Crippen LogP contribution in [0.1, 0.15) is 19.8 Å². The molecule has 0 aliphatic carbocycles. The van der Waals surface area contributed by atoms with Crippen molar-refractivity contribution in [1.82, 2.24) is 15.3 Å². The molecule has 1 aromatic heterocycles. The Kier molecular flexibility index (Phi) is 3.96. The molecule has 2 N–H and O–H groups in total. The van der Waals surface area contributed by atoms with Gasteiger partial charge in [-0.15, -0.1) is 0 Å². The van der Waals surface area contributed by atoms with Crippen LogP contribution < -0.4 is 10.6 Å². The molecule has 1 fully saturated rings. The van der Waals surface area contributed by atoms with Gasteiger partial charge in [0.05, 0.1) is 12.4 Å². The fourth-order valence-electron chi connectivity index (χ4n) is 2.07. The van der Waals surface area contributed by atoms with Gasteiger partial charge in [0, 0.05) is 6.04 Å². The van der Waals surface area contributed by atoms with E-state index in [0.29, 0.717) is 17.1 Å². The predicted molar refractivity (Wildman–Crippen MR) is 65.7 cm³/mol. The molecule has 88 valence electrons. The Morgan fingerprint density at radius 1 is 1.56 bits per heavy atom. The first-order valence-electron chi connectivity index (χ1n) is 5.70. The lowest BCUT2D eigenvalue weighted by Crippen LogP contribution is -2.38. The molecule has 2 atom stereocenters. The second-order valence-electron chi connectivity index (χ2n) is 4.27. The maximum atomic E-state index is 5.79. The van der Waals surface area contributed by atoms with E-state index in [-0.39, 0.29) is 0 Å². The molecule has 0 bridgehead atoms. The van der Waals surface area contributed by atoms with E-state index >= 15 is 0 Å². The summed E-state index contributed by atoms with van der Waals surface area (Å²) < 4.78 is 0. The Bertz CT molecular complexity index is 339. The Morgan fingerprint density at radius 3 is 3.12 bits per heavy atom. The van der Waals surface area contributed by atoms with Crippen molar-refractivity contribution >= 4 is 17.4 Å². The number of halogens is 1. The normalized spacial score (nSPS) is 22.8. The molecule has 1 aliphatic heterocycles. The summed E-state index contributed by atoms with van der Waals surface area (Å²) >= 11 is 5.79. The first-order chi connectivity index (χ1) is 7.75. The van der Waals surface area contributed by atoms with E-state index in [1.807, 2.05) is 0 Å². The van der Waals surface area contributed by atoms with Crippen LogP contribution in [0.4, 0.5) is 5.82 Å². The fourth-order valence-corrected chi connectivity index (χ4v) is 2.22. The average Bonchev–Trinajstić information content (AvgIpc) is 2.30. The molecule has 16 heavy (non-hydrogen) atoms. The molecule has 2 unspecified atom stereocenters. The number of hydrogen-bond donors (Lipinski definition) is 2. The van der Waals surface area contributed by atoms with Crippen LogP contribution in [-0.2, 0) is 0 Å². The van der Waals surface area contributed by atoms with Crippen molar-refractivity contribution in [3.63, 3.8) is 0 Å². The second-order valence-corrected chi connectivity index (χ2v) is 4.65. The minimum Gasteiger partial charge on any atom is -0.366 e. The van der Waals surface area contributed by atoms with Gasteiger partial charge < -0.3 is 10.6 Å². The summed E-state index contributed by atoms with van der Waals surface area (Å²) in [6, 6.07) is 0.389. The monoisotopic (exact) mass is 240 g/mol. The summed E-state index contributed by atoms with van der Waals surface area (Å²) in [6.45, 7) is 4.39. The Balaban J connectivity index is 1.93. The summed E-state index contributed by atoms with van der Waals surface area (Å²) in [5, 5.41) is 7.19. The molecule has 0 radical (unpaired) electrons. The zero-order valence-electron chi connectivity index (χ0n) is 9.41. The molecule has 2 heterocycles. The molecule has 4 nitrogen and oxygen atoms in total. The van der Waals surface area contributed by atoms with Gasteiger partial charge in [-0.25, -0.2) is 4.98 Å². The van der Waals surface area contributed by atoms with Crippen molar-refractivity contribution in [3.05, 3.63) is 17.5 Å². The topological polar surface area (TPSA) is 49.8 Å². The molecule has 0 amide bonds. The molecular formula is C11H17ClN4. The standard InChI is InChI=1S/C11H17ClN4/c1-8(9-3-2-4-13-5-9)15-11-7-14-6-10(12)16-11/h6-9,13H,2-5H2,1H3,(H,15,16). The lowest BCUT2D eigenvalue weighted by Gasteiger charge is -2.29. The van der Waals surface area contributed by atoms with Gasteiger partial charge in [0.1, 0.15) is 11.0 Å². The Labute approximate surface area is 101 Å². The van der Waals surface area contributed by atoms with Crippen LogP contribution in [0.5, 0.6) is 0 Å². The van der Waals surface area contributed by atoms with Gasteiger partial charge in [-0.1, -0.05) is 11.6 Å². The van der Waals surface area contributed by atoms with Crippen LogP contribution in [0.15, 0.2) is 12.4 Å². The van der Waals surface area contributed by atoms with E-state index in [0.717, 1.165) is 18.9 Å². The largest absolute Gasteiger partial charge is 0.366 e. The smallest absolute Gasteiger partial charge is 0.149 e. The molecule has 5 heteroatoms. The van der Waals surface area contributed by atoms with Crippen LogP contribution in [0.2, 0.25) is 5.15 Å². The molecule has 1 saturated heterocycles. The van der Waals surface area contributed by atoms with Crippen molar-refractivity contribution in [3.8, 4) is 0 Å². The maximum Gasteiger partial charge on any atom is 0.149 e. The maximum absolute atomic E-state index is 5.79. The quantitative estimate of drug-likeness (QED) is 0.848. The van der Waals surface area contributed by atoms with E-state index in [9.17, 15) is 0 Å². The highest BCUT2D eigenvalue weighted by molar-refractivity contribution is 6.29. The number of nitrogens with one attached hydrogen (secondary N) is 2. The summed E-state index contributed by atoms with van der Waals surface area (Å²) in [4.78, 5) is 8.19. The van der Waals surface area contributed by atoms with E-state index in [1.165, 1.54) is 12.8 Å². The van der Waals surface area contributed by atoms with Gasteiger partial charge in [0.25, 0.3) is 0 Å². The Hall–Kier alpha value is -0.870. The van der Waals surface area contributed by atoms with Gasteiger partial charge in [-0.2, -0.15) is 0 Å². The zero-order valence-corrected chi connectivity index (χ0v) is 10.2. The molecule has 2 rings (SSSR count). The lowest BCUT2D eigenvalue weighted by molar-refractivity contribution is 0.346. The zero-order chi connectivity index (χ0) is 11.4. The van der Waals surface area contributed by atoms with Gasteiger partial charge in [0.2, 0.25) is 0 Å². The summed E-state index contributed by atoms with van der Waals surface area (Å²) in [7, 11) is 0. The van der Waals surface area contributed by atoms with Crippen molar-refractivity contribution in [2.24, 2.45) is 5.92 Å². The van der Waals surface area contributed by atoms with E-state index in [1.54, 1.807) is 12.4 Å². The first-order valence-corrected chi connectivity index (χ1v) is 6.08. The Morgan fingerprint density at radius 2 is 2.44 bits per heavy atom. The van der Waals surface area contributed by atoms with Crippen LogP contribution in [-0.4, -0.2) is 29.1 Å². The van der Waals surface area contributed by atoms with E-state index in [4.69, 9.17) is 11.6 Å². The summed E-state index contributed by atoms with van der Waals surface area (Å²) in [5.41, 5.74) is 0. The van der Waals surface area contributed by atoms with Crippen molar-refractivity contribution in [2.45, 2.75) is 25.8 Å². The minimum absolute atomic E-state index is 0.389. The molecule has 1 aromatic rings. The van der Waals surface area contributed by atoms with Crippen molar-refractivity contribution in [2.75, 3.05) is 18.4 Å². The third-order valence-corrected chi connectivity index (χ3v) is 3.20. The highest BCUT2D eigenvalue weighted by atomic mass is 35.5. The van der Waals surface area contributed by atoms with Crippen LogP contribution >= 0.6 is 11.6 Å². The second kappa shape index (κ2) is 5.46. The summed E-state index contributed by atoms with van der Waals surface area (Å²) in [5.74, 6) is 1.40. The summed E-state index contributed by atoms with van der Waals surface area (Å²) in [6.07, 6.45) is 5.76. The van der Waals surface area contributed by atoms with Crippen LogP contribution in [0.25, 0.3) is 0 Å². The van der Waals surface area contributed by atoms with Gasteiger partial charge in [-0.05, 0) is 38.8 Å². The lowest BCUT2D eigenvalue weighted by atomic mass is 9.93. The predicted octanol–water partition coefficient (Wildman–Crippen LogP) is 1.93. The van der Waals surface area contributed by atoms with Crippen LogP contribution in [0.3, 0.4) is 0 Å². The van der Waals surface area contributed by atoms with Gasteiger partial charge >= 0.3 is 0 Å². The molecule has 0 aromatic carbocycles. The number of hydrogen-bond acceptors (Lipinski definition) is 4. The number of piperidine rings is 1. The fraction of sp³-hybridized carbons (Fsp3) is 0.636. The number of aromatic nitrogens is 2. The number of rotatable bonds is 3. The highest BCUT2D eigenvalue weighted by Gasteiger charge is 2.19. The van der Waals surface area contributed by atoms with Gasteiger partial charge in [-0.3, -0.25) is 4.98 Å². The third-order valence-electron chi connectivity index (χ3n) is 3.02. The first kappa shape index (κ1) is 11.6. The number of nitrogens with zero attached hydrogens (tertiary/aromatic N) is 2. The SMILES string of the molecule is CC(Nc1cncc(Cl)n1)C1CCCNC1. The van der Waals surface area contributed by atoms with E-state index in [2.05, 4.69) is 27.5 Å². The van der Waals surface area contributed by atoms with Gasteiger partial charge in [0.15, 0.2) is 0 Å². The van der Waals surface area contributed by atoms with Crippen molar-refractivity contribution < 1.29 is 0 Å². The van der Waals surface area contributed by atoms with Crippen LogP contribution in [0, 0.1) is 5.92 Å². The molecule has 0 spiro atoms. The molecular weight excluding hydrogens is 224 g/mol. The highest BCUT2D eigenvalue weighted by Crippen LogP contribution is 2.17. The third kappa shape index (κ3) is 3.06. The molecule has 1 aliphatic rings. The average molecular weight is 241 g/mol. The minimum atomic E-state index is 0.389. The van der Waals surface area contributed by atoms with E-state index < -0.39 is 0 Å².